The van der Waals surface area contributed by atoms with Crippen LogP contribution in [0.4, 0.5) is 17.6 Å². The maximum atomic E-state index is 13.7. The first-order valence-corrected chi connectivity index (χ1v) is 6.07. The van der Waals surface area contributed by atoms with Crippen molar-refractivity contribution >= 4 is 0 Å². The lowest BCUT2D eigenvalue weighted by Gasteiger charge is -2.13. The van der Waals surface area contributed by atoms with Crippen LogP contribution in [0.2, 0.25) is 0 Å². The molecule has 0 spiro atoms. The zero-order valence-electron chi connectivity index (χ0n) is 11.3. The second kappa shape index (κ2) is 7.44. The molecule has 0 amide bonds. The van der Waals surface area contributed by atoms with Crippen molar-refractivity contribution in [3.8, 4) is 5.75 Å². The van der Waals surface area contributed by atoms with Gasteiger partial charge in [-0.05, 0) is 20.0 Å². The first-order valence-electron chi connectivity index (χ1n) is 6.07. The Morgan fingerprint density at radius 1 is 1.25 bits per heavy atom. The van der Waals surface area contributed by atoms with E-state index in [4.69, 9.17) is 4.74 Å². The Hall–Kier alpha value is -1.34. The molecule has 0 bridgehead atoms. The maximum absolute atomic E-state index is 13.7. The Morgan fingerprint density at radius 3 is 2.50 bits per heavy atom. The molecular weight excluding hydrogens is 278 g/mol. The normalized spacial score (nSPS) is 13.3. The second-order valence-corrected chi connectivity index (χ2v) is 4.21. The van der Waals surface area contributed by atoms with E-state index in [1.54, 1.807) is 19.2 Å². The fourth-order valence-corrected chi connectivity index (χ4v) is 1.51. The van der Waals surface area contributed by atoms with E-state index in [1.165, 1.54) is 6.07 Å². The molecule has 0 saturated carbocycles. The van der Waals surface area contributed by atoms with Gasteiger partial charge in [0.15, 0.2) is 0 Å². The van der Waals surface area contributed by atoms with Gasteiger partial charge in [0.1, 0.15) is 24.8 Å². The molecule has 114 valence electrons. The van der Waals surface area contributed by atoms with Crippen molar-refractivity contribution in [2.45, 2.75) is 19.1 Å². The Bertz CT molecular complexity index is 423. The van der Waals surface area contributed by atoms with Crippen molar-refractivity contribution in [2.75, 3.05) is 26.9 Å². The van der Waals surface area contributed by atoms with Crippen LogP contribution in [0.3, 0.4) is 0 Å². The lowest BCUT2D eigenvalue weighted by atomic mass is 10.1. The van der Waals surface area contributed by atoms with E-state index in [-0.39, 0.29) is 25.0 Å². The third-order valence-electron chi connectivity index (χ3n) is 2.63. The van der Waals surface area contributed by atoms with Crippen molar-refractivity contribution in [3.05, 3.63) is 29.6 Å². The Balaban J connectivity index is 2.40. The third-order valence-corrected chi connectivity index (χ3v) is 2.63. The van der Waals surface area contributed by atoms with E-state index in [2.05, 4.69) is 10.1 Å². The first-order chi connectivity index (χ1) is 9.33. The molecule has 0 saturated heterocycles. The number of hydrogen-bond acceptors (Lipinski definition) is 3. The number of halogens is 4. The SMILES string of the molecule is CNC(C)c1ccc(OCCOCC(F)(F)F)cc1F. The van der Waals surface area contributed by atoms with Gasteiger partial charge in [-0.1, -0.05) is 6.07 Å². The van der Waals surface area contributed by atoms with Crippen molar-refractivity contribution in [1.82, 2.24) is 5.32 Å². The molecular formula is C13H17F4NO2. The van der Waals surface area contributed by atoms with E-state index in [9.17, 15) is 17.6 Å². The highest BCUT2D eigenvalue weighted by atomic mass is 19.4. The number of benzene rings is 1. The molecule has 1 aromatic rings. The molecule has 0 aromatic heterocycles. The molecule has 1 aromatic carbocycles. The van der Waals surface area contributed by atoms with E-state index in [1.807, 2.05) is 6.92 Å². The van der Waals surface area contributed by atoms with Gasteiger partial charge in [0, 0.05) is 17.7 Å². The van der Waals surface area contributed by atoms with Crippen LogP contribution >= 0.6 is 0 Å². The Kier molecular flexibility index (Phi) is 6.22. The topological polar surface area (TPSA) is 30.5 Å². The molecule has 0 heterocycles. The van der Waals surface area contributed by atoms with Crippen molar-refractivity contribution < 1.29 is 27.0 Å². The van der Waals surface area contributed by atoms with Gasteiger partial charge in [-0.2, -0.15) is 13.2 Å². The van der Waals surface area contributed by atoms with Crippen LogP contribution in [0.15, 0.2) is 18.2 Å². The van der Waals surface area contributed by atoms with Gasteiger partial charge in [-0.15, -0.1) is 0 Å². The minimum Gasteiger partial charge on any atom is -0.491 e. The Morgan fingerprint density at radius 2 is 1.95 bits per heavy atom. The summed E-state index contributed by atoms with van der Waals surface area (Å²) in [7, 11) is 1.71. The van der Waals surface area contributed by atoms with Crippen LogP contribution in [-0.2, 0) is 4.74 Å². The predicted octanol–water partition coefficient (Wildman–Crippen LogP) is 3.06. The summed E-state index contributed by atoms with van der Waals surface area (Å²) in [6, 6.07) is 4.20. The van der Waals surface area contributed by atoms with Crippen LogP contribution in [0, 0.1) is 5.82 Å². The monoisotopic (exact) mass is 295 g/mol. The second-order valence-electron chi connectivity index (χ2n) is 4.21. The summed E-state index contributed by atoms with van der Waals surface area (Å²) in [5.74, 6) is -0.175. The van der Waals surface area contributed by atoms with Crippen molar-refractivity contribution in [1.29, 1.82) is 0 Å². The minimum atomic E-state index is -4.35. The molecule has 0 aliphatic heterocycles. The quantitative estimate of drug-likeness (QED) is 0.619. The van der Waals surface area contributed by atoms with Crippen LogP contribution < -0.4 is 10.1 Å². The van der Waals surface area contributed by atoms with Gasteiger partial charge in [0.25, 0.3) is 0 Å². The molecule has 0 fully saturated rings. The smallest absolute Gasteiger partial charge is 0.411 e. The molecule has 0 radical (unpaired) electrons. The van der Waals surface area contributed by atoms with Gasteiger partial charge < -0.3 is 14.8 Å². The Labute approximate surface area is 114 Å². The lowest BCUT2D eigenvalue weighted by Crippen LogP contribution is -2.19. The fourth-order valence-electron chi connectivity index (χ4n) is 1.51. The van der Waals surface area contributed by atoms with Gasteiger partial charge >= 0.3 is 6.18 Å². The summed E-state index contributed by atoms with van der Waals surface area (Å²) >= 11 is 0. The zero-order valence-corrected chi connectivity index (χ0v) is 11.3. The van der Waals surface area contributed by atoms with Gasteiger partial charge in [0.2, 0.25) is 0 Å². The number of nitrogens with one attached hydrogen (secondary N) is 1. The summed E-state index contributed by atoms with van der Waals surface area (Å²) in [6.45, 7) is 0.208. The largest absolute Gasteiger partial charge is 0.491 e. The van der Waals surface area contributed by atoms with Gasteiger partial charge in [-0.3, -0.25) is 0 Å². The molecule has 1 atom stereocenters. The van der Waals surface area contributed by atoms with E-state index >= 15 is 0 Å². The lowest BCUT2D eigenvalue weighted by molar-refractivity contribution is -0.175. The zero-order chi connectivity index (χ0) is 15.2. The molecule has 0 aliphatic carbocycles. The minimum absolute atomic E-state index is 0.0730. The fraction of sp³-hybridized carbons (Fsp3) is 0.538. The maximum Gasteiger partial charge on any atom is 0.411 e. The molecule has 1 unspecified atom stereocenters. The van der Waals surface area contributed by atoms with Crippen LogP contribution in [0.5, 0.6) is 5.75 Å². The number of alkyl halides is 3. The number of rotatable bonds is 7. The van der Waals surface area contributed by atoms with E-state index < -0.39 is 18.6 Å². The summed E-state index contributed by atoms with van der Waals surface area (Å²) in [6.07, 6.45) is -4.35. The average Bonchev–Trinajstić information content (AvgIpc) is 2.36. The number of hydrogen-bond donors (Lipinski definition) is 1. The highest BCUT2D eigenvalue weighted by Gasteiger charge is 2.27. The van der Waals surface area contributed by atoms with Crippen LogP contribution in [0.25, 0.3) is 0 Å². The molecule has 1 rings (SSSR count). The third kappa shape index (κ3) is 5.75. The van der Waals surface area contributed by atoms with Crippen molar-refractivity contribution in [3.63, 3.8) is 0 Å². The highest BCUT2D eigenvalue weighted by molar-refractivity contribution is 5.30. The molecule has 1 N–H and O–H groups in total. The molecule has 0 aliphatic rings. The van der Waals surface area contributed by atoms with Gasteiger partial charge in [-0.25, -0.2) is 4.39 Å². The summed E-state index contributed by atoms with van der Waals surface area (Å²) in [4.78, 5) is 0. The predicted molar refractivity (Wildman–Crippen MR) is 66.2 cm³/mol. The van der Waals surface area contributed by atoms with Crippen molar-refractivity contribution in [2.24, 2.45) is 0 Å². The molecule has 7 heteroatoms. The van der Waals surface area contributed by atoms with E-state index in [0.29, 0.717) is 5.56 Å². The first kappa shape index (κ1) is 16.7. The van der Waals surface area contributed by atoms with Gasteiger partial charge in [0.05, 0.1) is 6.61 Å². The molecule has 20 heavy (non-hydrogen) atoms. The summed E-state index contributed by atoms with van der Waals surface area (Å²) in [5.41, 5.74) is 0.494. The molecule has 3 nitrogen and oxygen atoms in total. The number of ether oxygens (including phenoxy) is 2. The summed E-state index contributed by atoms with van der Waals surface area (Å²) in [5, 5.41) is 2.91. The van der Waals surface area contributed by atoms with Crippen LogP contribution in [-0.4, -0.2) is 33.0 Å². The standard InChI is InChI=1S/C13H17F4NO2/c1-9(18-2)11-4-3-10(7-12(11)14)20-6-5-19-8-13(15,16)17/h3-4,7,9,18H,5-6,8H2,1-2H3. The van der Waals surface area contributed by atoms with E-state index in [0.717, 1.165) is 0 Å². The highest BCUT2D eigenvalue weighted by Crippen LogP contribution is 2.21. The summed E-state index contributed by atoms with van der Waals surface area (Å²) < 4.78 is 58.6. The van der Waals surface area contributed by atoms with Crippen LogP contribution in [0.1, 0.15) is 18.5 Å². The average molecular weight is 295 g/mol.